The normalized spacial score (nSPS) is 11.6. The summed E-state index contributed by atoms with van der Waals surface area (Å²) in [5.41, 5.74) is 2.07. The van der Waals surface area contributed by atoms with E-state index in [4.69, 9.17) is 9.47 Å². The van der Waals surface area contributed by atoms with Crippen LogP contribution in [0.15, 0.2) is 90.1 Å². The molecule has 0 bridgehead atoms. The molecule has 3 aromatic carbocycles. The minimum atomic E-state index is -3.68. The first-order valence-electron chi connectivity index (χ1n) is 10.9. The van der Waals surface area contributed by atoms with Crippen LogP contribution >= 0.6 is 0 Å². The van der Waals surface area contributed by atoms with E-state index in [-0.39, 0.29) is 17.5 Å². The molecule has 4 rings (SSSR count). The van der Waals surface area contributed by atoms with E-state index in [9.17, 15) is 8.42 Å². The van der Waals surface area contributed by atoms with Crippen molar-refractivity contribution in [2.75, 3.05) is 27.3 Å². The van der Waals surface area contributed by atoms with E-state index in [1.165, 1.54) is 0 Å². The molecule has 0 radical (unpaired) electrons. The molecule has 0 unspecified atom stereocenters. The smallest absolute Gasteiger partial charge is 0.241 e. The van der Waals surface area contributed by atoms with Crippen molar-refractivity contribution in [2.45, 2.75) is 10.9 Å². The Morgan fingerprint density at radius 1 is 0.824 bits per heavy atom. The lowest BCUT2D eigenvalue weighted by atomic mass is 9.98. The van der Waals surface area contributed by atoms with Crippen LogP contribution in [0.2, 0.25) is 0 Å². The van der Waals surface area contributed by atoms with E-state index in [2.05, 4.69) is 15.0 Å². The molecule has 0 amide bonds. The molecule has 34 heavy (non-hydrogen) atoms. The summed E-state index contributed by atoms with van der Waals surface area (Å²) in [6.07, 6.45) is 3.25. The van der Waals surface area contributed by atoms with E-state index in [1.807, 2.05) is 54.6 Å². The molecular weight excluding hydrogens is 450 g/mol. The Labute approximate surface area is 199 Å². The zero-order valence-corrected chi connectivity index (χ0v) is 19.9. The predicted molar refractivity (Wildman–Crippen MR) is 133 cm³/mol. The summed E-state index contributed by atoms with van der Waals surface area (Å²) >= 11 is 0. The van der Waals surface area contributed by atoms with Crippen LogP contribution < -0.4 is 19.5 Å². The first-order chi connectivity index (χ1) is 16.5. The number of hydrogen-bond donors (Lipinski definition) is 2. The van der Waals surface area contributed by atoms with Gasteiger partial charge in [-0.2, -0.15) is 0 Å². The van der Waals surface area contributed by atoms with Crippen LogP contribution in [0.1, 0.15) is 17.2 Å². The number of aromatic nitrogens is 1. The van der Waals surface area contributed by atoms with Crippen molar-refractivity contribution in [1.82, 2.24) is 15.0 Å². The fourth-order valence-corrected chi connectivity index (χ4v) is 5.09. The van der Waals surface area contributed by atoms with Crippen molar-refractivity contribution in [3.05, 3.63) is 96.3 Å². The Bertz CT molecular complexity index is 1290. The monoisotopic (exact) mass is 477 g/mol. The maximum atomic E-state index is 13.0. The maximum absolute atomic E-state index is 13.0. The first kappa shape index (κ1) is 23.7. The maximum Gasteiger partial charge on any atom is 0.241 e. The molecule has 0 aliphatic rings. The van der Waals surface area contributed by atoms with Gasteiger partial charge in [0.05, 0.1) is 25.2 Å². The first-order valence-corrected chi connectivity index (χ1v) is 12.3. The summed E-state index contributed by atoms with van der Waals surface area (Å²) in [6, 6.07) is 22.4. The molecule has 0 saturated heterocycles. The van der Waals surface area contributed by atoms with Gasteiger partial charge in [-0.25, -0.2) is 13.1 Å². The Kier molecular flexibility index (Phi) is 7.42. The summed E-state index contributed by atoms with van der Waals surface area (Å²) in [7, 11) is -0.419. The number of hydrogen-bond acceptors (Lipinski definition) is 6. The molecule has 176 valence electrons. The van der Waals surface area contributed by atoms with Crippen LogP contribution in [0, 0.1) is 0 Å². The van der Waals surface area contributed by atoms with Gasteiger partial charge in [0.25, 0.3) is 0 Å². The van der Waals surface area contributed by atoms with Gasteiger partial charge in [0, 0.05) is 36.3 Å². The van der Waals surface area contributed by atoms with Crippen LogP contribution in [0.25, 0.3) is 10.8 Å². The van der Waals surface area contributed by atoms with Gasteiger partial charge in [-0.3, -0.25) is 4.98 Å². The van der Waals surface area contributed by atoms with Crippen molar-refractivity contribution in [3.8, 4) is 11.5 Å². The standard InChI is InChI=1S/C26H27N3O4S/c1-32-22-10-6-19(7-11-22)26(20-8-12-23(33-2)13-9-20)28-16-17-29-34(30,31)25-5-3-4-21-18-27-15-14-24(21)25/h3-15,18,26,28-29H,16-17H2,1-2H3. The van der Waals surface area contributed by atoms with Crippen molar-refractivity contribution in [1.29, 1.82) is 0 Å². The Hall–Kier alpha value is -3.46. The molecular formula is C26H27N3O4S. The SMILES string of the molecule is COc1ccc(C(NCCNS(=O)(=O)c2cccc3cnccc23)c2ccc(OC)cc2)cc1. The summed E-state index contributed by atoms with van der Waals surface area (Å²) < 4.78 is 39.2. The third kappa shape index (κ3) is 5.36. The minimum Gasteiger partial charge on any atom is -0.497 e. The van der Waals surface area contributed by atoms with Crippen LogP contribution in [0.3, 0.4) is 0 Å². The summed E-state index contributed by atoms with van der Waals surface area (Å²) in [4.78, 5) is 4.31. The van der Waals surface area contributed by atoms with Crippen molar-refractivity contribution in [2.24, 2.45) is 0 Å². The topological polar surface area (TPSA) is 89.6 Å². The Morgan fingerprint density at radius 2 is 1.44 bits per heavy atom. The summed E-state index contributed by atoms with van der Waals surface area (Å²) in [6.45, 7) is 0.654. The zero-order valence-electron chi connectivity index (χ0n) is 19.1. The molecule has 0 saturated carbocycles. The van der Waals surface area contributed by atoms with Crippen molar-refractivity contribution >= 4 is 20.8 Å². The highest BCUT2D eigenvalue weighted by Crippen LogP contribution is 2.26. The third-order valence-corrected chi connectivity index (χ3v) is 7.11. The zero-order chi connectivity index (χ0) is 24.0. The number of pyridine rings is 1. The average Bonchev–Trinajstić information content (AvgIpc) is 2.88. The number of nitrogens with one attached hydrogen (secondary N) is 2. The van der Waals surface area contributed by atoms with Gasteiger partial charge in [0.1, 0.15) is 11.5 Å². The lowest BCUT2D eigenvalue weighted by Gasteiger charge is -2.21. The fourth-order valence-electron chi connectivity index (χ4n) is 3.83. The second-order valence-electron chi connectivity index (χ2n) is 7.68. The number of benzene rings is 3. The third-order valence-electron chi connectivity index (χ3n) is 5.59. The largest absolute Gasteiger partial charge is 0.497 e. The van der Waals surface area contributed by atoms with Gasteiger partial charge in [-0.15, -0.1) is 0 Å². The van der Waals surface area contributed by atoms with Gasteiger partial charge >= 0.3 is 0 Å². The highest BCUT2D eigenvalue weighted by atomic mass is 32.2. The fraction of sp³-hybridized carbons (Fsp3) is 0.192. The van der Waals surface area contributed by atoms with E-state index in [0.29, 0.717) is 11.9 Å². The van der Waals surface area contributed by atoms with Crippen molar-refractivity contribution < 1.29 is 17.9 Å². The van der Waals surface area contributed by atoms with Crippen LogP contribution in [0.5, 0.6) is 11.5 Å². The molecule has 0 aliphatic carbocycles. The minimum absolute atomic E-state index is 0.134. The molecule has 0 fully saturated rings. The lowest BCUT2D eigenvalue weighted by molar-refractivity contribution is 0.414. The lowest BCUT2D eigenvalue weighted by Crippen LogP contribution is -2.34. The van der Waals surface area contributed by atoms with Crippen LogP contribution in [-0.2, 0) is 10.0 Å². The molecule has 1 aromatic heterocycles. The average molecular weight is 478 g/mol. The van der Waals surface area contributed by atoms with E-state index in [0.717, 1.165) is 28.0 Å². The predicted octanol–water partition coefficient (Wildman–Crippen LogP) is 3.91. The van der Waals surface area contributed by atoms with Gasteiger partial charge in [0.15, 0.2) is 0 Å². The molecule has 2 N–H and O–H groups in total. The molecule has 1 heterocycles. The molecule has 7 nitrogen and oxygen atoms in total. The number of methoxy groups -OCH3 is 2. The van der Waals surface area contributed by atoms with Crippen LogP contribution in [0.4, 0.5) is 0 Å². The van der Waals surface area contributed by atoms with E-state index in [1.54, 1.807) is 44.8 Å². The summed E-state index contributed by atoms with van der Waals surface area (Å²) in [5, 5.41) is 4.90. The van der Waals surface area contributed by atoms with E-state index >= 15 is 0 Å². The van der Waals surface area contributed by atoms with E-state index < -0.39 is 10.0 Å². The second-order valence-corrected chi connectivity index (χ2v) is 9.42. The Balaban J connectivity index is 1.48. The van der Waals surface area contributed by atoms with Gasteiger partial charge < -0.3 is 14.8 Å². The van der Waals surface area contributed by atoms with Crippen molar-refractivity contribution in [3.63, 3.8) is 0 Å². The quantitative estimate of drug-likeness (QED) is 0.337. The number of fused-ring (bicyclic) bond motifs is 1. The number of nitrogens with zero attached hydrogens (tertiary/aromatic N) is 1. The van der Waals surface area contributed by atoms with Gasteiger partial charge in [-0.05, 0) is 47.5 Å². The second kappa shape index (κ2) is 10.6. The Morgan fingerprint density at radius 3 is 2.03 bits per heavy atom. The highest BCUT2D eigenvalue weighted by molar-refractivity contribution is 7.89. The number of sulfonamides is 1. The van der Waals surface area contributed by atoms with Crippen LogP contribution in [-0.4, -0.2) is 40.7 Å². The molecule has 0 aliphatic heterocycles. The highest BCUT2D eigenvalue weighted by Gasteiger charge is 2.18. The number of rotatable bonds is 10. The molecule has 0 atom stereocenters. The molecule has 4 aromatic rings. The number of ether oxygens (including phenoxy) is 2. The summed E-state index contributed by atoms with van der Waals surface area (Å²) in [5.74, 6) is 1.55. The van der Waals surface area contributed by atoms with Gasteiger partial charge in [0.2, 0.25) is 10.0 Å². The molecule has 8 heteroatoms. The molecule has 0 spiro atoms. The van der Waals surface area contributed by atoms with Gasteiger partial charge in [-0.1, -0.05) is 36.4 Å².